The maximum atomic E-state index is 13.7. The van der Waals surface area contributed by atoms with Crippen molar-refractivity contribution in [1.29, 1.82) is 0 Å². The molecule has 2 aromatic carbocycles. The van der Waals surface area contributed by atoms with E-state index in [1.807, 2.05) is 18.2 Å². The molecule has 4 aliphatic rings. The lowest BCUT2D eigenvalue weighted by molar-refractivity contribution is 0.354. The molecule has 0 radical (unpaired) electrons. The van der Waals surface area contributed by atoms with E-state index in [0.717, 1.165) is 59.7 Å². The van der Waals surface area contributed by atoms with E-state index in [9.17, 15) is 9.32 Å². The summed E-state index contributed by atoms with van der Waals surface area (Å²) in [5.74, 6) is 2.19. The zero-order valence-electron chi connectivity index (χ0n) is 21.0. The molecule has 2 aliphatic heterocycles. The maximum Gasteiger partial charge on any atom is 0.141 e. The number of anilines is 2. The van der Waals surface area contributed by atoms with Crippen LogP contribution in [0.4, 0.5) is 11.4 Å². The number of para-hydroxylation sites is 1. The van der Waals surface area contributed by atoms with Crippen molar-refractivity contribution < 1.29 is 14.1 Å². The predicted molar refractivity (Wildman–Crippen MR) is 147 cm³/mol. The van der Waals surface area contributed by atoms with Crippen molar-refractivity contribution in [3.63, 3.8) is 0 Å². The van der Waals surface area contributed by atoms with Gasteiger partial charge < -0.3 is 20.5 Å². The number of fused-ring (bicyclic) bond motifs is 1. The molecule has 1 saturated carbocycles. The van der Waals surface area contributed by atoms with Crippen LogP contribution in [-0.2, 0) is 10.8 Å². The second-order valence-corrected chi connectivity index (χ2v) is 12.6. The van der Waals surface area contributed by atoms with Crippen molar-refractivity contribution in [2.45, 2.75) is 57.9 Å². The summed E-state index contributed by atoms with van der Waals surface area (Å²) < 4.78 is 19.9. The lowest BCUT2D eigenvalue weighted by Crippen LogP contribution is -2.32. The van der Waals surface area contributed by atoms with Gasteiger partial charge in [0.1, 0.15) is 23.8 Å². The van der Waals surface area contributed by atoms with Crippen molar-refractivity contribution in [3.8, 4) is 11.5 Å². The highest BCUT2D eigenvalue weighted by atomic mass is 32.2. The van der Waals surface area contributed by atoms with Gasteiger partial charge in [-0.1, -0.05) is 44.2 Å². The van der Waals surface area contributed by atoms with Crippen LogP contribution in [-0.4, -0.2) is 21.7 Å². The van der Waals surface area contributed by atoms with Crippen LogP contribution in [0.3, 0.4) is 0 Å². The summed E-state index contributed by atoms with van der Waals surface area (Å²) in [4.78, 5) is 0.901. The standard InChI is InChI=1S/C30H34N2O3S/c1-30(2)16-25-29(36(34)18-30)27(31-24-9-6-10-26(33)28(24)32-25)22-14-13-21(15-23(22)20-11-12-20)35-17-19-7-4-3-5-8-19/h4,6-10,13-15,20,27,31-33H,3,5,11-12,16-18H2,1-2H3. The molecule has 1 fully saturated rings. The van der Waals surface area contributed by atoms with Crippen LogP contribution < -0.4 is 15.4 Å². The van der Waals surface area contributed by atoms with Gasteiger partial charge in [-0.25, -0.2) is 0 Å². The molecule has 2 aromatic rings. The zero-order chi connectivity index (χ0) is 24.9. The Hall–Kier alpha value is -2.99. The third-order valence-corrected chi connectivity index (χ3v) is 9.48. The fourth-order valence-electron chi connectivity index (χ4n) is 5.58. The van der Waals surface area contributed by atoms with Crippen LogP contribution in [0.1, 0.15) is 69.0 Å². The third kappa shape index (κ3) is 4.59. The minimum atomic E-state index is -1.15. The number of phenols is 1. The summed E-state index contributed by atoms with van der Waals surface area (Å²) in [6.45, 7) is 4.90. The summed E-state index contributed by atoms with van der Waals surface area (Å²) in [5.41, 5.74) is 6.00. The van der Waals surface area contributed by atoms with E-state index in [1.54, 1.807) is 6.07 Å². The summed E-state index contributed by atoms with van der Waals surface area (Å²) in [6, 6.07) is 11.7. The minimum Gasteiger partial charge on any atom is -0.506 e. The van der Waals surface area contributed by atoms with Crippen LogP contribution in [0.5, 0.6) is 11.5 Å². The molecular formula is C30H34N2O3S. The first-order valence-corrected chi connectivity index (χ1v) is 14.3. The number of benzene rings is 2. The van der Waals surface area contributed by atoms with Crippen molar-refractivity contribution in [2.24, 2.45) is 5.41 Å². The van der Waals surface area contributed by atoms with Crippen molar-refractivity contribution >= 4 is 22.2 Å². The van der Waals surface area contributed by atoms with Crippen LogP contribution in [0.15, 0.2) is 70.8 Å². The number of aromatic hydroxyl groups is 1. The molecule has 36 heavy (non-hydrogen) atoms. The van der Waals surface area contributed by atoms with Gasteiger partial charge in [0, 0.05) is 11.4 Å². The van der Waals surface area contributed by atoms with Crippen LogP contribution in [0.2, 0.25) is 0 Å². The normalized spacial score (nSPS) is 24.6. The second kappa shape index (κ2) is 9.15. The predicted octanol–water partition coefficient (Wildman–Crippen LogP) is 6.89. The summed E-state index contributed by atoms with van der Waals surface area (Å²) in [5, 5.41) is 17.8. The summed E-state index contributed by atoms with van der Waals surface area (Å²) in [7, 11) is -1.15. The third-order valence-electron chi connectivity index (χ3n) is 7.46. The van der Waals surface area contributed by atoms with Gasteiger partial charge in [0.2, 0.25) is 0 Å². The van der Waals surface area contributed by atoms with Gasteiger partial charge in [-0.2, -0.15) is 0 Å². The average Bonchev–Trinajstić information content (AvgIpc) is 3.70. The zero-order valence-corrected chi connectivity index (χ0v) is 21.8. The van der Waals surface area contributed by atoms with Gasteiger partial charge in [0.25, 0.3) is 0 Å². The van der Waals surface area contributed by atoms with E-state index in [1.165, 1.54) is 11.1 Å². The number of hydrogen-bond acceptors (Lipinski definition) is 5. The molecule has 0 saturated heterocycles. The Morgan fingerprint density at radius 3 is 2.78 bits per heavy atom. The Bertz CT molecular complexity index is 1320. The molecule has 6 heteroatoms. The van der Waals surface area contributed by atoms with E-state index in [2.05, 4.69) is 54.8 Å². The molecule has 5 nitrogen and oxygen atoms in total. The molecule has 0 amide bonds. The largest absolute Gasteiger partial charge is 0.506 e. The van der Waals surface area contributed by atoms with Gasteiger partial charge in [-0.3, -0.25) is 4.21 Å². The second-order valence-electron chi connectivity index (χ2n) is 11.2. The first kappa shape index (κ1) is 23.4. The fraction of sp³-hybridized carbons (Fsp3) is 0.400. The van der Waals surface area contributed by atoms with Gasteiger partial charge in [0.15, 0.2) is 0 Å². The van der Waals surface area contributed by atoms with E-state index in [-0.39, 0.29) is 17.2 Å². The maximum absolute atomic E-state index is 13.7. The van der Waals surface area contributed by atoms with E-state index in [0.29, 0.717) is 24.0 Å². The molecule has 0 spiro atoms. The Labute approximate surface area is 215 Å². The Kier molecular flexibility index (Phi) is 5.95. The lowest BCUT2D eigenvalue weighted by Gasteiger charge is -2.35. The molecule has 2 atom stereocenters. The monoisotopic (exact) mass is 502 g/mol. The Morgan fingerprint density at radius 2 is 2.00 bits per heavy atom. The first-order valence-electron chi connectivity index (χ1n) is 13.0. The highest BCUT2D eigenvalue weighted by Crippen LogP contribution is 2.51. The van der Waals surface area contributed by atoms with Crippen molar-refractivity contribution in [1.82, 2.24) is 0 Å². The van der Waals surface area contributed by atoms with E-state index in [4.69, 9.17) is 4.74 Å². The molecular weight excluding hydrogens is 468 g/mol. The fourth-order valence-corrected chi connectivity index (χ4v) is 7.39. The number of rotatable bonds is 5. The molecule has 3 N–H and O–H groups in total. The van der Waals surface area contributed by atoms with Gasteiger partial charge >= 0.3 is 0 Å². The molecule has 2 unspecified atom stereocenters. The van der Waals surface area contributed by atoms with Gasteiger partial charge in [-0.05, 0) is 84.4 Å². The molecule has 2 heterocycles. The molecule has 188 valence electrons. The SMILES string of the molecule is CC1(C)CC2=C(C(c3ccc(OCC4=CCCC=C4)cc3C3CC3)Nc3cccc(O)c3N2)S(=O)C1. The Morgan fingerprint density at radius 1 is 1.14 bits per heavy atom. The molecule has 0 aromatic heterocycles. The molecule has 0 bridgehead atoms. The number of ether oxygens (including phenoxy) is 1. The summed E-state index contributed by atoms with van der Waals surface area (Å²) >= 11 is 0. The Balaban J connectivity index is 1.41. The van der Waals surface area contributed by atoms with E-state index >= 15 is 0 Å². The topological polar surface area (TPSA) is 70.6 Å². The smallest absolute Gasteiger partial charge is 0.141 e. The highest BCUT2D eigenvalue weighted by molar-refractivity contribution is 7.89. The number of hydrogen-bond donors (Lipinski definition) is 3. The van der Waals surface area contributed by atoms with E-state index < -0.39 is 10.8 Å². The van der Waals surface area contributed by atoms with Gasteiger partial charge in [0.05, 0.1) is 27.4 Å². The number of allylic oxidation sites excluding steroid dienone is 3. The molecule has 2 aliphatic carbocycles. The minimum absolute atomic E-state index is 0.0879. The molecule has 6 rings (SSSR count). The van der Waals surface area contributed by atoms with Crippen LogP contribution >= 0.6 is 0 Å². The number of phenolic OH excluding ortho intramolecular Hbond substituents is 1. The highest BCUT2D eigenvalue weighted by Gasteiger charge is 2.40. The van der Waals surface area contributed by atoms with Crippen LogP contribution in [0, 0.1) is 5.41 Å². The lowest BCUT2D eigenvalue weighted by atomic mass is 9.88. The van der Waals surface area contributed by atoms with Gasteiger partial charge in [-0.15, -0.1) is 0 Å². The summed E-state index contributed by atoms with van der Waals surface area (Å²) in [6.07, 6.45) is 11.9. The van der Waals surface area contributed by atoms with Crippen molar-refractivity contribution in [2.75, 3.05) is 23.0 Å². The van der Waals surface area contributed by atoms with Crippen LogP contribution in [0.25, 0.3) is 0 Å². The first-order chi connectivity index (χ1) is 17.4. The quantitative estimate of drug-likeness (QED) is 0.388. The number of nitrogens with one attached hydrogen (secondary N) is 2. The average molecular weight is 503 g/mol. The van der Waals surface area contributed by atoms with Crippen molar-refractivity contribution in [3.05, 3.63) is 81.9 Å².